The van der Waals surface area contributed by atoms with E-state index in [1.807, 2.05) is 12.1 Å². The molecule has 0 radical (unpaired) electrons. The maximum absolute atomic E-state index is 13.1. The van der Waals surface area contributed by atoms with Crippen LogP contribution in [-0.2, 0) is 6.54 Å². The van der Waals surface area contributed by atoms with Crippen molar-refractivity contribution in [2.45, 2.75) is 26.3 Å². The topological polar surface area (TPSA) is 12.0 Å². The summed E-state index contributed by atoms with van der Waals surface area (Å²) < 4.78 is 13.1. The van der Waals surface area contributed by atoms with Crippen molar-refractivity contribution >= 4 is 0 Å². The second kappa shape index (κ2) is 5.70. The molecule has 13 heavy (non-hydrogen) atoms. The third-order valence-electron chi connectivity index (χ3n) is 1.98. The van der Waals surface area contributed by atoms with Gasteiger partial charge in [-0.2, -0.15) is 0 Å². The number of benzene rings is 1. The summed E-state index contributed by atoms with van der Waals surface area (Å²) in [6.45, 7) is 3.74. The Labute approximate surface area is 79.0 Å². The molecule has 0 spiro atoms. The number of halogens is 1. The summed E-state index contributed by atoms with van der Waals surface area (Å²) in [4.78, 5) is 0. The van der Waals surface area contributed by atoms with Crippen LogP contribution in [0.4, 0.5) is 4.39 Å². The monoisotopic (exact) mass is 181 g/mol. The molecule has 0 aliphatic heterocycles. The van der Waals surface area contributed by atoms with Crippen molar-refractivity contribution in [2.75, 3.05) is 6.54 Å². The van der Waals surface area contributed by atoms with Crippen molar-refractivity contribution in [3.8, 4) is 0 Å². The first-order valence-electron chi connectivity index (χ1n) is 4.78. The summed E-state index contributed by atoms with van der Waals surface area (Å²) >= 11 is 0. The molecule has 0 aliphatic carbocycles. The summed E-state index contributed by atoms with van der Waals surface area (Å²) in [5.41, 5.74) is 0.749. The fourth-order valence-electron chi connectivity index (χ4n) is 1.17. The summed E-state index contributed by atoms with van der Waals surface area (Å²) in [6.07, 6.45) is 2.32. The highest BCUT2D eigenvalue weighted by Gasteiger charge is 1.98. The van der Waals surface area contributed by atoms with E-state index in [0.717, 1.165) is 18.5 Å². The van der Waals surface area contributed by atoms with Crippen LogP contribution in [0.15, 0.2) is 24.3 Å². The molecule has 1 N–H and O–H groups in total. The van der Waals surface area contributed by atoms with Crippen molar-refractivity contribution < 1.29 is 4.39 Å². The summed E-state index contributed by atoms with van der Waals surface area (Å²) in [7, 11) is 0. The molecule has 1 aromatic carbocycles. The zero-order valence-electron chi connectivity index (χ0n) is 8.02. The van der Waals surface area contributed by atoms with Gasteiger partial charge in [0.15, 0.2) is 0 Å². The minimum absolute atomic E-state index is 0.119. The Kier molecular flexibility index (Phi) is 4.47. The number of hydrogen-bond donors (Lipinski definition) is 1. The summed E-state index contributed by atoms with van der Waals surface area (Å²) in [5.74, 6) is -0.119. The van der Waals surface area contributed by atoms with Gasteiger partial charge in [0.25, 0.3) is 0 Å². The molecule has 1 nitrogen and oxygen atoms in total. The highest BCUT2D eigenvalue weighted by molar-refractivity contribution is 5.16. The van der Waals surface area contributed by atoms with Crippen LogP contribution in [0.2, 0.25) is 0 Å². The molecule has 0 heterocycles. The zero-order chi connectivity index (χ0) is 9.52. The Balaban J connectivity index is 2.32. The standard InChI is InChI=1S/C11H16FN/c1-2-3-8-13-9-10-6-4-5-7-11(10)12/h4-7,13H,2-3,8-9H2,1H3. The Morgan fingerprint density at radius 3 is 2.77 bits per heavy atom. The lowest BCUT2D eigenvalue weighted by Gasteiger charge is -2.04. The molecule has 1 aromatic rings. The van der Waals surface area contributed by atoms with Gasteiger partial charge in [-0.15, -0.1) is 0 Å². The smallest absolute Gasteiger partial charge is 0.127 e. The third kappa shape index (κ3) is 3.55. The van der Waals surface area contributed by atoms with Crippen LogP contribution in [0.5, 0.6) is 0 Å². The Bertz CT molecular complexity index is 248. The number of unbranched alkanes of at least 4 members (excludes halogenated alkanes) is 1. The molecule has 0 bridgehead atoms. The number of nitrogens with one attached hydrogen (secondary N) is 1. The lowest BCUT2D eigenvalue weighted by atomic mass is 10.2. The van der Waals surface area contributed by atoms with Crippen LogP contribution in [0.25, 0.3) is 0 Å². The maximum atomic E-state index is 13.1. The van der Waals surface area contributed by atoms with Gasteiger partial charge in [-0.05, 0) is 19.0 Å². The fourth-order valence-corrected chi connectivity index (χ4v) is 1.17. The molecular weight excluding hydrogens is 165 g/mol. The molecule has 0 aliphatic rings. The molecule has 72 valence electrons. The first kappa shape index (κ1) is 10.2. The molecule has 0 fully saturated rings. The van der Waals surface area contributed by atoms with Gasteiger partial charge in [-0.25, -0.2) is 4.39 Å². The second-order valence-electron chi connectivity index (χ2n) is 3.12. The highest BCUT2D eigenvalue weighted by atomic mass is 19.1. The van der Waals surface area contributed by atoms with Crippen molar-refractivity contribution in [2.24, 2.45) is 0 Å². The lowest BCUT2D eigenvalue weighted by molar-refractivity contribution is 0.580. The highest BCUT2D eigenvalue weighted by Crippen LogP contribution is 2.05. The van der Waals surface area contributed by atoms with E-state index in [-0.39, 0.29) is 5.82 Å². The van der Waals surface area contributed by atoms with Crippen LogP contribution in [0.1, 0.15) is 25.3 Å². The van der Waals surface area contributed by atoms with Crippen LogP contribution >= 0.6 is 0 Å². The van der Waals surface area contributed by atoms with E-state index in [1.165, 1.54) is 12.5 Å². The first-order valence-corrected chi connectivity index (χ1v) is 4.78. The van der Waals surface area contributed by atoms with Crippen molar-refractivity contribution in [3.63, 3.8) is 0 Å². The Hall–Kier alpha value is -0.890. The van der Waals surface area contributed by atoms with Gasteiger partial charge in [0.1, 0.15) is 5.82 Å². The quantitative estimate of drug-likeness (QED) is 0.689. The van der Waals surface area contributed by atoms with Crippen LogP contribution < -0.4 is 5.32 Å². The van der Waals surface area contributed by atoms with Crippen LogP contribution in [0, 0.1) is 5.82 Å². The average molecular weight is 181 g/mol. The molecule has 0 amide bonds. The van der Waals surface area contributed by atoms with E-state index >= 15 is 0 Å². The second-order valence-corrected chi connectivity index (χ2v) is 3.12. The normalized spacial score (nSPS) is 10.3. The van der Waals surface area contributed by atoms with Crippen molar-refractivity contribution in [3.05, 3.63) is 35.6 Å². The van der Waals surface area contributed by atoms with Gasteiger partial charge in [0.2, 0.25) is 0 Å². The molecule has 0 unspecified atom stereocenters. The largest absolute Gasteiger partial charge is 0.313 e. The fraction of sp³-hybridized carbons (Fsp3) is 0.455. The zero-order valence-corrected chi connectivity index (χ0v) is 8.02. The van der Waals surface area contributed by atoms with E-state index in [1.54, 1.807) is 6.07 Å². The van der Waals surface area contributed by atoms with Gasteiger partial charge in [-0.3, -0.25) is 0 Å². The molecule has 0 atom stereocenters. The molecule has 1 rings (SSSR count). The van der Waals surface area contributed by atoms with Gasteiger partial charge < -0.3 is 5.32 Å². The van der Waals surface area contributed by atoms with E-state index in [2.05, 4.69) is 12.2 Å². The van der Waals surface area contributed by atoms with Crippen molar-refractivity contribution in [1.82, 2.24) is 5.32 Å². The minimum atomic E-state index is -0.119. The van der Waals surface area contributed by atoms with E-state index < -0.39 is 0 Å². The summed E-state index contributed by atoms with van der Waals surface area (Å²) in [5, 5.41) is 3.20. The molecule has 0 aromatic heterocycles. The van der Waals surface area contributed by atoms with E-state index in [4.69, 9.17) is 0 Å². The van der Waals surface area contributed by atoms with Crippen molar-refractivity contribution in [1.29, 1.82) is 0 Å². The lowest BCUT2D eigenvalue weighted by Crippen LogP contribution is -2.15. The Morgan fingerprint density at radius 2 is 2.08 bits per heavy atom. The Morgan fingerprint density at radius 1 is 1.31 bits per heavy atom. The van der Waals surface area contributed by atoms with Crippen LogP contribution in [0.3, 0.4) is 0 Å². The van der Waals surface area contributed by atoms with E-state index in [0.29, 0.717) is 6.54 Å². The predicted octanol–water partition coefficient (Wildman–Crippen LogP) is 2.72. The molecule has 0 saturated heterocycles. The van der Waals surface area contributed by atoms with Gasteiger partial charge in [-0.1, -0.05) is 31.5 Å². The van der Waals surface area contributed by atoms with Crippen LogP contribution in [-0.4, -0.2) is 6.54 Å². The minimum Gasteiger partial charge on any atom is -0.313 e. The van der Waals surface area contributed by atoms with Gasteiger partial charge in [0, 0.05) is 12.1 Å². The maximum Gasteiger partial charge on any atom is 0.127 e. The summed E-state index contributed by atoms with van der Waals surface area (Å²) in [6, 6.07) is 6.88. The number of hydrogen-bond acceptors (Lipinski definition) is 1. The number of rotatable bonds is 5. The third-order valence-corrected chi connectivity index (χ3v) is 1.98. The molecule has 0 saturated carbocycles. The SMILES string of the molecule is CCCCNCc1ccccc1F. The molecule has 2 heteroatoms. The van der Waals surface area contributed by atoms with E-state index in [9.17, 15) is 4.39 Å². The first-order chi connectivity index (χ1) is 6.34. The molecular formula is C11H16FN. The predicted molar refractivity (Wildman–Crippen MR) is 53.0 cm³/mol. The average Bonchev–Trinajstić information content (AvgIpc) is 2.15. The van der Waals surface area contributed by atoms with Gasteiger partial charge >= 0.3 is 0 Å². The van der Waals surface area contributed by atoms with Gasteiger partial charge in [0.05, 0.1) is 0 Å².